The monoisotopic (exact) mass is 418 g/mol. The van der Waals surface area contributed by atoms with E-state index in [1.54, 1.807) is 30.4 Å². The van der Waals surface area contributed by atoms with Crippen LogP contribution in [0.5, 0.6) is 11.5 Å². The van der Waals surface area contributed by atoms with Crippen LogP contribution in [0.4, 0.5) is 0 Å². The molecule has 146 valence electrons. The second kappa shape index (κ2) is 8.43. The lowest BCUT2D eigenvalue weighted by Crippen LogP contribution is -2.47. The molecule has 2 aliphatic rings. The molecule has 0 atom stereocenters. The van der Waals surface area contributed by atoms with Gasteiger partial charge >= 0.3 is 0 Å². The minimum atomic E-state index is -0.00579. The first kappa shape index (κ1) is 19.1. The van der Waals surface area contributed by atoms with Gasteiger partial charge in [-0.3, -0.25) is 9.69 Å². The molecule has 5 nitrogen and oxygen atoms in total. The van der Waals surface area contributed by atoms with Gasteiger partial charge in [0.15, 0.2) is 11.5 Å². The highest BCUT2D eigenvalue weighted by Crippen LogP contribution is 2.32. The Bertz CT molecular complexity index is 909. The quantitative estimate of drug-likeness (QED) is 0.701. The van der Waals surface area contributed by atoms with Crippen molar-refractivity contribution in [1.29, 1.82) is 0 Å². The number of hydrogen-bond acceptors (Lipinski definition) is 4. The SMILES string of the molecule is O=C(C=Cc1ccc(Cl)cc1Cl)N1CCN(Cc2ccc3c(c2)OCO3)CC1. The second-order valence-electron chi connectivity index (χ2n) is 6.79. The van der Waals surface area contributed by atoms with E-state index in [9.17, 15) is 4.79 Å². The highest BCUT2D eigenvalue weighted by Gasteiger charge is 2.21. The molecule has 0 N–H and O–H groups in total. The predicted molar refractivity (Wildman–Crippen MR) is 110 cm³/mol. The second-order valence-corrected chi connectivity index (χ2v) is 7.63. The Morgan fingerprint density at radius 2 is 1.79 bits per heavy atom. The Morgan fingerprint density at radius 3 is 2.57 bits per heavy atom. The number of fused-ring (bicyclic) bond motifs is 1. The Kier molecular flexibility index (Phi) is 5.76. The van der Waals surface area contributed by atoms with Crippen molar-refractivity contribution < 1.29 is 14.3 Å². The topological polar surface area (TPSA) is 42.0 Å². The summed E-state index contributed by atoms with van der Waals surface area (Å²) in [5, 5.41) is 1.11. The van der Waals surface area contributed by atoms with Crippen molar-refractivity contribution in [2.45, 2.75) is 6.54 Å². The normalized spacial score (nSPS) is 16.7. The molecule has 1 amide bonds. The first-order valence-electron chi connectivity index (χ1n) is 9.11. The highest BCUT2D eigenvalue weighted by molar-refractivity contribution is 6.35. The fourth-order valence-electron chi connectivity index (χ4n) is 3.33. The molecular formula is C21H20Cl2N2O3. The molecule has 0 spiro atoms. The van der Waals surface area contributed by atoms with Gasteiger partial charge in [-0.1, -0.05) is 35.3 Å². The van der Waals surface area contributed by atoms with Gasteiger partial charge in [0.25, 0.3) is 0 Å². The molecule has 0 aromatic heterocycles. The van der Waals surface area contributed by atoms with E-state index in [2.05, 4.69) is 11.0 Å². The van der Waals surface area contributed by atoms with Crippen LogP contribution in [0, 0.1) is 0 Å². The summed E-state index contributed by atoms with van der Waals surface area (Å²) in [4.78, 5) is 16.7. The number of piperazine rings is 1. The molecule has 0 aliphatic carbocycles. The minimum Gasteiger partial charge on any atom is -0.454 e. The average molecular weight is 419 g/mol. The number of ether oxygens (including phenoxy) is 2. The van der Waals surface area contributed by atoms with Crippen LogP contribution in [-0.2, 0) is 11.3 Å². The molecule has 2 aliphatic heterocycles. The van der Waals surface area contributed by atoms with Crippen molar-refractivity contribution in [1.82, 2.24) is 9.80 Å². The van der Waals surface area contributed by atoms with Gasteiger partial charge in [-0.05, 0) is 41.5 Å². The van der Waals surface area contributed by atoms with Crippen LogP contribution in [-0.4, -0.2) is 48.7 Å². The number of hydrogen-bond donors (Lipinski definition) is 0. The molecule has 28 heavy (non-hydrogen) atoms. The minimum absolute atomic E-state index is 0.00579. The summed E-state index contributed by atoms with van der Waals surface area (Å²) in [7, 11) is 0. The number of nitrogens with zero attached hydrogens (tertiary/aromatic N) is 2. The molecule has 2 aromatic carbocycles. The van der Waals surface area contributed by atoms with E-state index in [4.69, 9.17) is 32.7 Å². The third kappa shape index (κ3) is 4.43. The maximum absolute atomic E-state index is 12.5. The van der Waals surface area contributed by atoms with Crippen molar-refractivity contribution in [2.75, 3.05) is 33.0 Å². The fraction of sp³-hybridized carbons (Fsp3) is 0.286. The molecule has 1 fully saturated rings. The summed E-state index contributed by atoms with van der Waals surface area (Å²) in [6, 6.07) is 11.3. The van der Waals surface area contributed by atoms with Crippen LogP contribution in [0.15, 0.2) is 42.5 Å². The smallest absolute Gasteiger partial charge is 0.246 e. The molecule has 7 heteroatoms. The predicted octanol–water partition coefficient (Wildman–Crippen LogP) is 4.08. The lowest BCUT2D eigenvalue weighted by Gasteiger charge is -2.34. The van der Waals surface area contributed by atoms with Crippen molar-refractivity contribution in [3.63, 3.8) is 0 Å². The van der Waals surface area contributed by atoms with E-state index in [1.807, 2.05) is 17.0 Å². The molecule has 2 aromatic rings. The van der Waals surface area contributed by atoms with Gasteiger partial charge in [-0.15, -0.1) is 0 Å². The average Bonchev–Trinajstić information content (AvgIpc) is 3.15. The molecule has 0 bridgehead atoms. The van der Waals surface area contributed by atoms with Crippen LogP contribution in [0.25, 0.3) is 6.08 Å². The first-order chi connectivity index (χ1) is 13.6. The molecule has 0 radical (unpaired) electrons. The van der Waals surface area contributed by atoms with Gasteiger partial charge in [-0.2, -0.15) is 0 Å². The van der Waals surface area contributed by atoms with Gasteiger partial charge < -0.3 is 14.4 Å². The first-order valence-corrected chi connectivity index (χ1v) is 9.87. The lowest BCUT2D eigenvalue weighted by atomic mass is 10.1. The van der Waals surface area contributed by atoms with E-state index < -0.39 is 0 Å². The molecule has 4 rings (SSSR count). The van der Waals surface area contributed by atoms with Gasteiger partial charge in [0, 0.05) is 48.8 Å². The number of amides is 1. The Morgan fingerprint density at radius 1 is 1.00 bits per heavy atom. The number of benzene rings is 2. The largest absolute Gasteiger partial charge is 0.454 e. The third-order valence-corrected chi connectivity index (χ3v) is 5.46. The Labute approximate surface area is 174 Å². The summed E-state index contributed by atoms with van der Waals surface area (Å²) in [6.07, 6.45) is 3.31. The molecule has 0 unspecified atom stereocenters. The maximum atomic E-state index is 12.5. The van der Waals surface area contributed by atoms with Crippen LogP contribution in [0.1, 0.15) is 11.1 Å². The standard InChI is InChI=1S/C21H20Cl2N2O3/c22-17-4-2-16(18(23)12-17)3-6-21(26)25-9-7-24(8-10-25)13-15-1-5-19-20(11-15)28-14-27-19/h1-6,11-12H,7-10,13-14H2. The number of carbonyl (C=O) groups excluding carboxylic acids is 1. The number of halogens is 2. The van der Waals surface area contributed by atoms with E-state index in [1.165, 1.54) is 5.56 Å². The zero-order valence-corrected chi connectivity index (χ0v) is 16.7. The van der Waals surface area contributed by atoms with Gasteiger partial charge in [0.1, 0.15) is 0 Å². The van der Waals surface area contributed by atoms with Crippen molar-refractivity contribution >= 4 is 35.2 Å². The van der Waals surface area contributed by atoms with Crippen molar-refractivity contribution in [3.05, 3.63) is 63.6 Å². The zero-order valence-electron chi connectivity index (χ0n) is 15.2. The maximum Gasteiger partial charge on any atom is 0.246 e. The van der Waals surface area contributed by atoms with Crippen molar-refractivity contribution in [3.8, 4) is 11.5 Å². The number of carbonyl (C=O) groups is 1. The Balaban J connectivity index is 1.30. The third-order valence-electron chi connectivity index (χ3n) is 4.90. The van der Waals surface area contributed by atoms with Crippen LogP contribution in [0.3, 0.4) is 0 Å². The van der Waals surface area contributed by atoms with E-state index in [-0.39, 0.29) is 12.7 Å². The van der Waals surface area contributed by atoms with Crippen LogP contribution >= 0.6 is 23.2 Å². The van der Waals surface area contributed by atoms with Crippen molar-refractivity contribution in [2.24, 2.45) is 0 Å². The zero-order chi connectivity index (χ0) is 19.5. The lowest BCUT2D eigenvalue weighted by molar-refractivity contribution is -0.127. The molecule has 1 saturated heterocycles. The van der Waals surface area contributed by atoms with Crippen LogP contribution < -0.4 is 9.47 Å². The number of rotatable bonds is 4. The molecular weight excluding hydrogens is 399 g/mol. The van der Waals surface area contributed by atoms with E-state index in [0.717, 1.165) is 36.7 Å². The van der Waals surface area contributed by atoms with Gasteiger partial charge in [0.2, 0.25) is 12.7 Å². The molecule has 2 heterocycles. The summed E-state index contributed by atoms with van der Waals surface area (Å²) < 4.78 is 10.8. The summed E-state index contributed by atoms with van der Waals surface area (Å²) in [5.41, 5.74) is 1.96. The highest BCUT2D eigenvalue weighted by atomic mass is 35.5. The Hall–Kier alpha value is -2.21. The fourth-order valence-corrected chi connectivity index (χ4v) is 3.80. The van der Waals surface area contributed by atoms with Crippen LogP contribution in [0.2, 0.25) is 10.0 Å². The summed E-state index contributed by atoms with van der Waals surface area (Å²) >= 11 is 12.0. The summed E-state index contributed by atoms with van der Waals surface area (Å²) in [5.74, 6) is 1.60. The van der Waals surface area contributed by atoms with Gasteiger partial charge in [0.05, 0.1) is 0 Å². The van der Waals surface area contributed by atoms with Gasteiger partial charge in [-0.25, -0.2) is 0 Å². The van der Waals surface area contributed by atoms with E-state index in [0.29, 0.717) is 23.1 Å². The summed E-state index contributed by atoms with van der Waals surface area (Å²) in [6.45, 7) is 4.17. The van der Waals surface area contributed by atoms with E-state index >= 15 is 0 Å². The molecule has 0 saturated carbocycles.